The molecule has 1 aromatic carbocycles. The number of hydrogen-bond acceptors (Lipinski definition) is 2. The Morgan fingerprint density at radius 3 is 2.28 bits per heavy atom. The molecule has 2 rings (SSSR count). The molecule has 1 amide bonds. The van der Waals surface area contributed by atoms with E-state index in [0.29, 0.717) is 12.6 Å². The number of nitrogens with zero attached hydrogens (tertiary/aromatic N) is 1. The van der Waals surface area contributed by atoms with Crippen molar-refractivity contribution in [2.45, 2.75) is 46.2 Å². The van der Waals surface area contributed by atoms with Crippen molar-refractivity contribution in [1.82, 2.24) is 4.90 Å². The normalized spacial score (nSPS) is 15.5. The molecule has 0 aromatic heterocycles. The summed E-state index contributed by atoms with van der Waals surface area (Å²) in [6, 6.07) is 8.22. The maximum atomic E-state index is 12.4. The number of nitrogens with two attached hydrogens (primary N) is 1. The van der Waals surface area contributed by atoms with Crippen molar-refractivity contribution in [3.63, 3.8) is 0 Å². The third kappa shape index (κ3) is 3.03. The molecule has 3 nitrogen and oxygen atoms in total. The van der Waals surface area contributed by atoms with E-state index in [2.05, 4.69) is 0 Å². The fourth-order valence-electron chi connectivity index (χ4n) is 2.00. The van der Waals surface area contributed by atoms with Crippen LogP contribution >= 0.6 is 0 Å². The third-order valence-electron chi connectivity index (χ3n) is 3.22. The summed E-state index contributed by atoms with van der Waals surface area (Å²) >= 11 is 0. The Bertz CT molecular complexity index is 427. The summed E-state index contributed by atoms with van der Waals surface area (Å²) in [5, 5.41) is 0. The number of carbonyl (C=O) groups excluding carboxylic acids is 1. The minimum atomic E-state index is -0.309. The Morgan fingerprint density at radius 1 is 1.28 bits per heavy atom. The average Bonchev–Trinajstić information content (AvgIpc) is 3.10. The van der Waals surface area contributed by atoms with Crippen LogP contribution in [0.1, 0.15) is 39.2 Å². The van der Waals surface area contributed by atoms with Gasteiger partial charge in [0.05, 0.1) is 0 Å². The van der Waals surface area contributed by atoms with Gasteiger partial charge in [0.1, 0.15) is 0 Å². The second kappa shape index (κ2) is 4.63. The standard InChI is InChI=1S/C15H22N2O/c1-15(2,3)14(18)17(13-8-9-13)10-11-4-6-12(16)7-5-11/h4-7,13H,8-10,16H2,1-3H3. The zero-order valence-electron chi connectivity index (χ0n) is 11.4. The van der Waals surface area contributed by atoms with Gasteiger partial charge in [0.15, 0.2) is 0 Å². The minimum absolute atomic E-state index is 0.238. The van der Waals surface area contributed by atoms with E-state index in [4.69, 9.17) is 5.73 Å². The van der Waals surface area contributed by atoms with E-state index in [1.165, 1.54) is 0 Å². The number of anilines is 1. The van der Waals surface area contributed by atoms with Crippen LogP contribution in [0.25, 0.3) is 0 Å². The summed E-state index contributed by atoms with van der Waals surface area (Å²) in [5.41, 5.74) is 7.28. The monoisotopic (exact) mass is 246 g/mol. The SMILES string of the molecule is CC(C)(C)C(=O)N(Cc1ccc(N)cc1)C1CC1. The van der Waals surface area contributed by atoms with Crippen LogP contribution in [0.3, 0.4) is 0 Å². The largest absolute Gasteiger partial charge is 0.399 e. The van der Waals surface area contributed by atoms with Crippen molar-refractivity contribution in [2.24, 2.45) is 5.41 Å². The Hall–Kier alpha value is -1.51. The molecule has 0 aliphatic heterocycles. The van der Waals surface area contributed by atoms with Gasteiger partial charge in [-0.2, -0.15) is 0 Å². The van der Waals surface area contributed by atoms with Crippen LogP contribution < -0.4 is 5.73 Å². The first kappa shape index (κ1) is 12.9. The molecule has 0 unspecified atom stereocenters. The van der Waals surface area contributed by atoms with Crippen LogP contribution in [-0.2, 0) is 11.3 Å². The highest BCUT2D eigenvalue weighted by Gasteiger charge is 2.37. The molecule has 1 aromatic rings. The lowest BCUT2D eigenvalue weighted by Crippen LogP contribution is -2.40. The van der Waals surface area contributed by atoms with Crippen LogP contribution in [0.4, 0.5) is 5.69 Å². The first-order chi connectivity index (χ1) is 8.38. The predicted molar refractivity (Wildman–Crippen MR) is 73.9 cm³/mol. The minimum Gasteiger partial charge on any atom is -0.399 e. The maximum absolute atomic E-state index is 12.4. The zero-order valence-corrected chi connectivity index (χ0v) is 11.4. The Balaban J connectivity index is 2.12. The van der Waals surface area contributed by atoms with E-state index in [1.54, 1.807) is 0 Å². The number of amides is 1. The molecule has 3 heteroatoms. The molecule has 98 valence electrons. The van der Waals surface area contributed by atoms with Crippen LogP contribution in [0.2, 0.25) is 0 Å². The fourth-order valence-corrected chi connectivity index (χ4v) is 2.00. The summed E-state index contributed by atoms with van der Waals surface area (Å²) in [4.78, 5) is 14.4. The first-order valence-electron chi connectivity index (χ1n) is 6.53. The van der Waals surface area contributed by atoms with Gasteiger partial charge in [0, 0.05) is 23.7 Å². The van der Waals surface area contributed by atoms with Crippen LogP contribution in [-0.4, -0.2) is 16.8 Å². The van der Waals surface area contributed by atoms with Gasteiger partial charge in [0.25, 0.3) is 0 Å². The van der Waals surface area contributed by atoms with Crippen LogP contribution in [0, 0.1) is 5.41 Å². The number of rotatable bonds is 3. The van der Waals surface area contributed by atoms with E-state index >= 15 is 0 Å². The maximum Gasteiger partial charge on any atom is 0.228 e. The molecular formula is C15H22N2O. The topological polar surface area (TPSA) is 46.3 Å². The number of benzene rings is 1. The van der Waals surface area contributed by atoms with Crippen molar-refractivity contribution in [3.8, 4) is 0 Å². The van der Waals surface area contributed by atoms with Gasteiger partial charge in [-0.15, -0.1) is 0 Å². The molecular weight excluding hydrogens is 224 g/mol. The highest BCUT2D eigenvalue weighted by Crippen LogP contribution is 2.32. The van der Waals surface area contributed by atoms with E-state index in [9.17, 15) is 4.79 Å². The molecule has 1 aliphatic carbocycles. The summed E-state index contributed by atoms with van der Waals surface area (Å²) in [6.07, 6.45) is 2.27. The number of hydrogen-bond donors (Lipinski definition) is 1. The van der Waals surface area contributed by atoms with Crippen LogP contribution in [0.15, 0.2) is 24.3 Å². The summed E-state index contributed by atoms with van der Waals surface area (Å²) in [5.74, 6) is 0.238. The molecule has 1 fully saturated rings. The lowest BCUT2D eigenvalue weighted by molar-refractivity contribution is -0.140. The number of carbonyl (C=O) groups is 1. The summed E-state index contributed by atoms with van der Waals surface area (Å²) in [6.45, 7) is 6.64. The highest BCUT2D eigenvalue weighted by molar-refractivity contribution is 5.82. The molecule has 2 N–H and O–H groups in total. The van der Waals surface area contributed by atoms with Crippen LogP contribution in [0.5, 0.6) is 0 Å². The second-order valence-corrected chi connectivity index (χ2v) is 6.16. The van der Waals surface area contributed by atoms with Gasteiger partial charge in [-0.25, -0.2) is 0 Å². The Morgan fingerprint density at radius 2 is 1.83 bits per heavy atom. The summed E-state index contributed by atoms with van der Waals surface area (Å²) < 4.78 is 0. The Labute approximate surface area is 109 Å². The first-order valence-corrected chi connectivity index (χ1v) is 6.53. The third-order valence-corrected chi connectivity index (χ3v) is 3.22. The van der Waals surface area contributed by atoms with Crippen molar-refractivity contribution >= 4 is 11.6 Å². The molecule has 1 saturated carbocycles. The molecule has 0 atom stereocenters. The predicted octanol–water partition coefficient (Wildman–Crippen LogP) is 2.81. The molecule has 0 heterocycles. The number of nitrogen functional groups attached to an aromatic ring is 1. The Kier molecular flexibility index (Phi) is 3.33. The molecule has 0 saturated heterocycles. The molecule has 1 aliphatic rings. The lowest BCUT2D eigenvalue weighted by Gasteiger charge is -2.29. The second-order valence-electron chi connectivity index (χ2n) is 6.16. The molecule has 0 spiro atoms. The van der Waals surface area contributed by atoms with E-state index in [-0.39, 0.29) is 11.3 Å². The fraction of sp³-hybridized carbons (Fsp3) is 0.533. The van der Waals surface area contributed by atoms with Gasteiger partial charge >= 0.3 is 0 Å². The van der Waals surface area contributed by atoms with Gasteiger partial charge in [-0.05, 0) is 30.5 Å². The van der Waals surface area contributed by atoms with Crippen molar-refractivity contribution < 1.29 is 4.79 Å². The zero-order chi connectivity index (χ0) is 13.3. The van der Waals surface area contributed by atoms with E-state index < -0.39 is 0 Å². The van der Waals surface area contributed by atoms with Gasteiger partial charge in [-0.3, -0.25) is 4.79 Å². The highest BCUT2D eigenvalue weighted by atomic mass is 16.2. The van der Waals surface area contributed by atoms with E-state index in [1.807, 2.05) is 49.9 Å². The average molecular weight is 246 g/mol. The van der Waals surface area contributed by atoms with E-state index in [0.717, 1.165) is 24.1 Å². The molecule has 0 radical (unpaired) electrons. The molecule has 18 heavy (non-hydrogen) atoms. The smallest absolute Gasteiger partial charge is 0.228 e. The van der Waals surface area contributed by atoms with Gasteiger partial charge in [0.2, 0.25) is 5.91 Å². The lowest BCUT2D eigenvalue weighted by atomic mass is 9.94. The van der Waals surface area contributed by atoms with Crippen molar-refractivity contribution in [2.75, 3.05) is 5.73 Å². The van der Waals surface area contributed by atoms with Crippen molar-refractivity contribution in [1.29, 1.82) is 0 Å². The summed E-state index contributed by atoms with van der Waals surface area (Å²) in [7, 11) is 0. The van der Waals surface area contributed by atoms with Gasteiger partial charge in [-0.1, -0.05) is 32.9 Å². The van der Waals surface area contributed by atoms with Gasteiger partial charge < -0.3 is 10.6 Å². The quantitative estimate of drug-likeness (QED) is 0.834. The van der Waals surface area contributed by atoms with Crippen molar-refractivity contribution in [3.05, 3.63) is 29.8 Å². The molecule has 0 bridgehead atoms.